The van der Waals surface area contributed by atoms with Gasteiger partial charge in [-0.25, -0.2) is 0 Å². The first-order valence-electron chi connectivity index (χ1n) is 7.74. The first-order chi connectivity index (χ1) is 9.99. The average molecular weight is 289 g/mol. The summed E-state index contributed by atoms with van der Waals surface area (Å²) in [5.74, 6) is 0.244. The third-order valence-electron chi connectivity index (χ3n) is 4.88. The highest BCUT2D eigenvalue weighted by molar-refractivity contribution is 5.78. The van der Waals surface area contributed by atoms with Gasteiger partial charge in [0, 0.05) is 13.0 Å². The lowest BCUT2D eigenvalue weighted by molar-refractivity contribution is -0.153. The minimum absolute atomic E-state index is 0.0681. The highest BCUT2D eigenvalue weighted by Gasteiger charge is 2.42. The summed E-state index contributed by atoms with van der Waals surface area (Å²) in [6, 6.07) is 6.25. The molecule has 0 saturated carbocycles. The molecule has 1 aromatic carbocycles. The number of carbonyl (C=O) groups is 1. The van der Waals surface area contributed by atoms with Crippen molar-refractivity contribution in [1.82, 2.24) is 4.90 Å². The van der Waals surface area contributed by atoms with Crippen LogP contribution in [0.15, 0.2) is 18.2 Å². The van der Waals surface area contributed by atoms with Gasteiger partial charge in [-0.2, -0.15) is 0 Å². The van der Waals surface area contributed by atoms with Crippen molar-refractivity contribution >= 4 is 5.97 Å². The average Bonchev–Trinajstić information content (AvgIpc) is 2.82. The van der Waals surface area contributed by atoms with Crippen LogP contribution in [0.2, 0.25) is 0 Å². The summed E-state index contributed by atoms with van der Waals surface area (Å²) in [5, 5.41) is 9.57. The lowest BCUT2D eigenvalue weighted by Gasteiger charge is -2.42. The number of aliphatic carboxylic acids is 1. The normalized spacial score (nSPS) is 29.0. The predicted molar refractivity (Wildman–Crippen MR) is 80.8 cm³/mol. The van der Waals surface area contributed by atoms with E-state index in [-0.39, 0.29) is 6.10 Å². The molecule has 114 valence electrons. The Morgan fingerprint density at radius 3 is 3.05 bits per heavy atom. The smallest absolute Gasteiger partial charge is 0.323 e. The van der Waals surface area contributed by atoms with Gasteiger partial charge in [0.1, 0.15) is 17.4 Å². The van der Waals surface area contributed by atoms with E-state index < -0.39 is 11.5 Å². The van der Waals surface area contributed by atoms with Gasteiger partial charge in [-0.05, 0) is 51.3 Å². The zero-order valence-electron chi connectivity index (χ0n) is 12.8. The lowest BCUT2D eigenvalue weighted by Crippen LogP contribution is -2.57. The Balaban J connectivity index is 1.71. The first kappa shape index (κ1) is 14.4. The van der Waals surface area contributed by atoms with Gasteiger partial charge in [-0.1, -0.05) is 17.7 Å². The molecule has 1 fully saturated rings. The van der Waals surface area contributed by atoms with Crippen molar-refractivity contribution in [3.8, 4) is 5.75 Å². The first-order valence-corrected chi connectivity index (χ1v) is 7.74. The fraction of sp³-hybridized carbons (Fsp3) is 0.588. The van der Waals surface area contributed by atoms with Gasteiger partial charge in [-0.3, -0.25) is 9.69 Å². The van der Waals surface area contributed by atoms with Crippen molar-refractivity contribution in [2.24, 2.45) is 0 Å². The van der Waals surface area contributed by atoms with Crippen LogP contribution in [0.3, 0.4) is 0 Å². The quantitative estimate of drug-likeness (QED) is 0.929. The number of aryl methyl sites for hydroxylation is 1. The van der Waals surface area contributed by atoms with Gasteiger partial charge >= 0.3 is 5.97 Å². The van der Waals surface area contributed by atoms with Gasteiger partial charge in [0.2, 0.25) is 0 Å². The number of carboxylic acid groups (broad SMARTS) is 1. The number of hydrogen-bond donors (Lipinski definition) is 1. The third-order valence-corrected chi connectivity index (χ3v) is 4.88. The molecule has 0 aromatic heterocycles. The molecule has 4 nitrogen and oxygen atoms in total. The van der Waals surface area contributed by atoms with Gasteiger partial charge in [0.15, 0.2) is 0 Å². The Morgan fingerprint density at radius 1 is 1.48 bits per heavy atom. The molecule has 2 atom stereocenters. The maximum atomic E-state index is 11.6. The molecule has 1 aromatic rings. The number of rotatable bonds is 3. The molecule has 2 aliphatic rings. The number of piperidine rings is 1. The fourth-order valence-corrected chi connectivity index (χ4v) is 3.51. The molecule has 2 unspecified atom stereocenters. The number of nitrogens with zero attached hydrogens (tertiary/aromatic N) is 1. The minimum Gasteiger partial charge on any atom is -0.488 e. The summed E-state index contributed by atoms with van der Waals surface area (Å²) in [7, 11) is 0. The SMILES string of the molecule is Cc1ccc2c(c1)CC(CN1CCCCC1(C)C(=O)O)O2. The van der Waals surface area contributed by atoms with E-state index in [9.17, 15) is 9.90 Å². The molecule has 1 N–H and O–H groups in total. The van der Waals surface area contributed by atoms with E-state index >= 15 is 0 Å². The second-order valence-electron chi connectivity index (χ2n) is 6.54. The fourth-order valence-electron chi connectivity index (χ4n) is 3.51. The molecule has 0 amide bonds. The van der Waals surface area contributed by atoms with Crippen LogP contribution < -0.4 is 4.74 Å². The summed E-state index contributed by atoms with van der Waals surface area (Å²) in [5.41, 5.74) is 1.74. The van der Waals surface area contributed by atoms with Crippen molar-refractivity contribution in [2.75, 3.05) is 13.1 Å². The molecule has 0 bridgehead atoms. The zero-order valence-corrected chi connectivity index (χ0v) is 12.8. The number of carboxylic acids is 1. The van der Waals surface area contributed by atoms with Crippen LogP contribution >= 0.6 is 0 Å². The second-order valence-corrected chi connectivity index (χ2v) is 6.54. The summed E-state index contributed by atoms with van der Waals surface area (Å²) < 4.78 is 6.00. The monoisotopic (exact) mass is 289 g/mol. The van der Waals surface area contributed by atoms with E-state index in [1.165, 1.54) is 11.1 Å². The number of likely N-dealkylation sites (tertiary alicyclic amines) is 1. The van der Waals surface area contributed by atoms with Crippen molar-refractivity contribution in [3.05, 3.63) is 29.3 Å². The van der Waals surface area contributed by atoms with Crippen molar-refractivity contribution in [2.45, 2.75) is 51.2 Å². The summed E-state index contributed by atoms with van der Waals surface area (Å²) in [4.78, 5) is 13.7. The molecule has 0 radical (unpaired) electrons. The highest BCUT2D eigenvalue weighted by Crippen LogP contribution is 2.33. The summed E-state index contributed by atoms with van der Waals surface area (Å²) >= 11 is 0. The number of ether oxygens (including phenoxy) is 1. The molecule has 2 heterocycles. The zero-order chi connectivity index (χ0) is 15.0. The maximum absolute atomic E-state index is 11.6. The van der Waals surface area contributed by atoms with Crippen LogP contribution in [0.1, 0.15) is 37.3 Å². The van der Waals surface area contributed by atoms with Crippen LogP contribution in [0.4, 0.5) is 0 Å². The maximum Gasteiger partial charge on any atom is 0.323 e. The van der Waals surface area contributed by atoms with E-state index in [2.05, 4.69) is 24.0 Å². The van der Waals surface area contributed by atoms with Crippen molar-refractivity contribution in [1.29, 1.82) is 0 Å². The van der Waals surface area contributed by atoms with Crippen LogP contribution in [0.25, 0.3) is 0 Å². The Morgan fingerprint density at radius 2 is 2.29 bits per heavy atom. The van der Waals surface area contributed by atoms with Crippen LogP contribution in [-0.2, 0) is 11.2 Å². The molecular weight excluding hydrogens is 266 g/mol. The Kier molecular flexibility index (Phi) is 3.66. The van der Waals surface area contributed by atoms with E-state index in [1.54, 1.807) is 0 Å². The van der Waals surface area contributed by atoms with Gasteiger partial charge in [-0.15, -0.1) is 0 Å². The molecule has 21 heavy (non-hydrogen) atoms. The Bertz CT molecular complexity index is 557. The van der Waals surface area contributed by atoms with Crippen LogP contribution in [0, 0.1) is 6.92 Å². The standard InChI is InChI=1S/C17H23NO3/c1-12-5-6-15-13(9-12)10-14(21-15)11-18-8-4-3-7-17(18,2)16(19)20/h5-6,9,14H,3-4,7-8,10-11H2,1-2H3,(H,19,20). The molecule has 0 spiro atoms. The molecule has 2 aliphatic heterocycles. The topological polar surface area (TPSA) is 49.8 Å². The molecule has 4 heteroatoms. The number of hydrogen-bond acceptors (Lipinski definition) is 3. The molecule has 1 saturated heterocycles. The Labute approximate surface area is 125 Å². The Hall–Kier alpha value is -1.55. The van der Waals surface area contributed by atoms with E-state index in [0.717, 1.165) is 38.0 Å². The summed E-state index contributed by atoms with van der Waals surface area (Å²) in [6.07, 6.45) is 3.73. The minimum atomic E-state index is -0.744. The van der Waals surface area contributed by atoms with Crippen molar-refractivity contribution in [3.63, 3.8) is 0 Å². The van der Waals surface area contributed by atoms with Crippen molar-refractivity contribution < 1.29 is 14.6 Å². The highest BCUT2D eigenvalue weighted by atomic mass is 16.5. The molecular formula is C17H23NO3. The number of benzene rings is 1. The van der Waals surface area contributed by atoms with Gasteiger partial charge < -0.3 is 9.84 Å². The number of fused-ring (bicyclic) bond motifs is 1. The van der Waals surface area contributed by atoms with E-state index in [4.69, 9.17) is 4.74 Å². The third kappa shape index (κ3) is 2.64. The van der Waals surface area contributed by atoms with E-state index in [1.807, 2.05) is 13.0 Å². The van der Waals surface area contributed by atoms with E-state index in [0.29, 0.717) is 6.54 Å². The molecule has 0 aliphatic carbocycles. The lowest BCUT2D eigenvalue weighted by atomic mass is 9.88. The van der Waals surface area contributed by atoms with Gasteiger partial charge in [0.25, 0.3) is 0 Å². The van der Waals surface area contributed by atoms with Crippen LogP contribution in [-0.4, -0.2) is 40.7 Å². The molecule has 3 rings (SSSR count). The summed E-state index contributed by atoms with van der Waals surface area (Å²) in [6.45, 7) is 5.47. The second kappa shape index (κ2) is 5.34. The predicted octanol–water partition coefficient (Wildman–Crippen LogP) is 2.63. The van der Waals surface area contributed by atoms with Crippen LogP contribution in [0.5, 0.6) is 5.75 Å². The van der Waals surface area contributed by atoms with Gasteiger partial charge in [0.05, 0.1) is 0 Å². The largest absolute Gasteiger partial charge is 0.488 e.